The van der Waals surface area contributed by atoms with Gasteiger partial charge < -0.3 is 4.74 Å². The van der Waals surface area contributed by atoms with Gasteiger partial charge in [0.1, 0.15) is 0 Å². The fourth-order valence-electron chi connectivity index (χ4n) is 1.33. The van der Waals surface area contributed by atoms with E-state index in [0.29, 0.717) is 18.7 Å². The summed E-state index contributed by atoms with van der Waals surface area (Å²) in [6.07, 6.45) is 0. The molecule has 0 spiro atoms. The Bertz CT molecular complexity index is 380. The second-order valence-corrected chi connectivity index (χ2v) is 2.98. The van der Waals surface area contributed by atoms with Crippen molar-refractivity contribution in [2.75, 3.05) is 13.2 Å². The molecule has 1 rings (SSSR count). The Labute approximate surface area is 93.7 Å². The van der Waals surface area contributed by atoms with Gasteiger partial charge in [0.25, 0.3) is 0 Å². The van der Waals surface area contributed by atoms with Gasteiger partial charge in [0.2, 0.25) is 0 Å². The molecule has 1 aromatic carbocycles. The van der Waals surface area contributed by atoms with E-state index in [2.05, 4.69) is 4.99 Å². The summed E-state index contributed by atoms with van der Waals surface area (Å²) in [6.45, 7) is 4.40. The van der Waals surface area contributed by atoms with Gasteiger partial charge in [-0.3, -0.25) is 15.7 Å². The Hall–Kier alpha value is -1.62. The third kappa shape index (κ3) is 2.70. The van der Waals surface area contributed by atoms with Crippen molar-refractivity contribution in [3.05, 3.63) is 29.6 Å². The number of aliphatic imine (C=N–C) groups is 1. The Morgan fingerprint density at radius 1 is 1.50 bits per heavy atom. The third-order valence-corrected chi connectivity index (χ3v) is 1.93. The summed E-state index contributed by atoms with van der Waals surface area (Å²) in [5, 5.41) is 8.94. The normalized spacial score (nSPS) is 11.4. The maximum atomic E-state index is 13.5. The highest BCUT2D eigenvalue weighted by Crippen LogP contribution is 2.22. The Morgan fingerprint density at radius 2 is 2.25 bits per heavy atom. The number of nitrogens with one attached hydrogen (secondary N) is 1. The highest BCUT2D eigenvalue weighted by Gasteiger charge is 2.13. The molecule has 0 aliphatic carbocycles. The van der Waals surface area contributed by atoms with Crippen LogP contribution >= 0.6 is 0 Å². The fraction of sp³-hybridized carbons (Fsp3) is 0.364. The van der Waals surface area contributed by atoms with Crippen LogP contribution in [-0.4, -0.2) is 24.2 Å². The Morgan fingerprint density at radius 3 is 2.81 bits per heavy atom. The Kier molecular flexibility index (Phi) is 4.72. The van der Waals surface area contributed by atoms with E-state index in [9.17, 15) is 4.39 Å². The number of ether oxygens (including phenoxy) is 1. The minimum atomic E-state index is -0.474. The first-order chi connectivity index (χ1) is 7.74. The number of benzene rings is 1. The SMILES string of the molecule is CCN=C(NO)c1cccc(F)c1OCC. The minimum absolute atomic E-state index is 0.0961. The van der Waals surface area contributed by atoms with Gasteiger partial charge in [0, 0.05) is 6.54 Å². The van der Waals surface area contributed by atoms with Gasteiger partial charge in [-0.2, -0.15) is 0 Å². The first kappa shape index (κ1) is 12.4. The molecule has 0 saturated heterocycles. The summed E-state index contributed by atoms with van der Waals surface area (Å²) in [5.41, 5.74) is 2.36. The van der Waals surface area contributed by atoms with Crippen molar-refractivity contribution < 1.29 is 14.3 Å². The molecule has 0 atom stereocenters. The highest BCUT2D eigenvalue weighted by molar-refractivity contribution is 6.00. The van der Waals surface area contributed by atoms with Gasteiger partial charge in [-0.05, 0) is 26.0 Å². The number of halogens is 1. The first-order valence-electron chi connectivity index (χ1n) is 5.10. The van der Waals surface area contributed by atoms with Crippen LogP contribution in [0, 0.1) is 5.82 Å². The number of rotatable bonds is 4. The zero-order chi connectivity index (χ0) is 12.0. The molecule has 5 heteroatoms. The summed E-state index contributed by atoms with van der Waals surface area (Å²) < 4.78 is 18.7. The van der Waals surface area contributed by atoms with Crippen molar-refractivity contribution in [1.82, 2.24) is 5.48 Å². The summed E-state index contributed by atoms with van der Waals surface area (Å²) in [7, 11) is 0. The molecule has 0 aliphatic heterocycles. The van der Waals surface area contributed by atoms with Gasteiger partial charge in [-0.15, -0.1) is 0 Å². The number of nitrogens with zero attached hydrogens (tertiary/aromatic N) is 1. The van der Waals surface area contributed by atoms with Gasteiger partial charge in [0.15, 0.2) is 17.4 Å². The van der Waals surface area contributed by atoms with Gasteiger partial charge in [-0.1, -0.05) is 6.07 Å². The number of para-hydroxylation sites is 1. The first-order valence-corrected chi connectivity index (χ1v) is 5.10. The zero-order valence-electron chi connectivity index (χ0n) is 9.33. The summed E-state index contributed by atoms with van der Waals surface area (Å²) in [6, 6.07) is 4.47. The lowest BCUT2D eigenvalue weighted by Gasteiger charge is -2.11. The van der Waals surface area contributed by atoms with E-state index in [1.54, 1.807) is 13.0 Å². The second-order valence-electron chi connectivity index (χ2n) is 2.98. The third-order valence-electron chi connectivity index (χ3n) is 1.93. The summed E-state index contributed by atoms with van der Waals surface area (Å²) in [5.74, 6) is -0.178. The van der Waals surface area contributed by atoms with Gasteiger partial charge in [0.05, 0.1) is 12.2 Å². The molecule has 0 radical (unpaired) electrons. The lowest BCUT2D eigenvalue weighted by atomic mass is 10.1. The van der Waals surface area contributed by atoms with Crippen molar-refractivity contribution in [2.45, 2.75) is 13.8 Å². The van der Waals surface area contributed by atoms with Crippen LogP contribution in [0.15, 0.2) is 23.2 Å². The fourth-order valence-corrected chi connectivity index (χ4v) is 1.33. The van der Waals surface area contributed by atoms with E-state index >= 15 is 0 Å². The van der Waals surface area contributed by atoms with Crippen LogP contribution in [0.1, 0.15) is 19.4 Å². The highest BCUT2D eigenvalue weighted by atomic mass is 19.1. The van der Waals surface area contributed by atoms with E-state index in [1.807, 2.05) is 12.4 Å². The summed E-state index contributed by atoms with van der Waals surface area (Å²) >= 11 is 0. The van der Waals surface area contributed by atoms with E-state index in [1.165, 1.54) is 12.1 Å². The average molecular weight is 226 g/mol. The lowest BCUT2D eigenvalue weighted by molar-refractivity contribution is 0.234. The van der Waals surface area contributed by atoms with Crippen LogP contribution in [-0.2, 0) is 0 Å². The van der Waals surface area contributed by atoms with Crippen LogP contribution in [0.5, 0.6) is 5.75 Å². The number of amidine groups is 1. The molecular formula is C11H15FN2O2. The molecule has 1 aromatic rings. The summed E-state index contributed by atoms with van der Waals surface area (Å²) in [4.78, 5) is 4.01. The molecule has 0 aliphatic rings. The van der Waals surface area contributed by atoms with E-state index in [4.69, 9.17) is 9.94 Å². The number of hydrogen-bond acceptors (Lipinski definition) is 3. The molecule has 0 amide bonds. The van der Waals surface area contributed by atoms with Crippen LogP contribution in [0.4, 0.5) is 4.39 Å². The van der Waals surface area contributed by atoms with E-state index in [0.717, 1.165) is 0 Å². The topological polar surface area (TPSA) is 53.9 Å². The molecular weight excluding hydrogens is 211 g/mol. The van der Waals surface area contributed by atoms with E-state index < -0.39 is 5.82 Å². The predicted octanol–water partition coefficient (Wildman–Crippen LogP) is 1.97. The molecule has 0 fully saturated rings. The average Bonchev–Trinajstić information content (AvgIpc) is 2.29. The van der Waals surface area contributed by atoms with Crippen LogP contribution in [0.2, 0.25) is 0 Å². The zero-order valence-corrected chi connectivity index (χ0v) is 9.33. The van der Waals surface area contributed by atoms with Crippen molar-refractivity contribution in [3.63, 3.8) is 0 Å². The molecule has 0 saturated carbocycles. The lowest BCUT2D eigenvalue weighted by Crippen LogP contribution is -2.22. The van der Waals surface area contributed by atoms with Crippen LogP contribution in [0.3, 0.4) is 0 Å². The number of hydroxylamine groups is 1. The van der Waals surface area contributed by atoms with Gasteiger partial charge >= 0.3 is 0 Å². The molecule has 0 unspecified atom stereocenters. The van der Waals surface area contributed by atoms with Crippen molar-refractivity contribution in [2.24, 2.45) is 4.99 Å². The molecule has 2 N–H and O–H groups in total. The standard InChI is InChI=1S/C11H15FN2O2/c1-3-13-11(14-15)8-6-5-7-9(12)10(8)16-4-2/h5-7,15H,3-4H2,1-2H3,(H,13,14). The predicted molar refractivity (Wildman–Crippen MR) is 59.6 cm³/mol. The molecule has 0 heterocycles. The quantitative estimate of drug-likeness (QED) is 0.469. The molecule has 16 heavy (non-hydrogen) atoms. The van der Waals surface area contributed by atoms with Gasteiger partial charge in [-0.25, -0.2) is 4.39 Å². The number of hydrogen-bond donors (Lipinski definition) is 2. The molecule has 0 bridgehead atoms. The monoisotopic (exact) mass is 226 g/mol. The second kappa shape index (κ2) is 6.07. The Balaban J connectivity index is 3.20. The van der Waals surface area contributed by atoms with Crippen molar-refractivity contribution in [3.8, 4) is 5.75 Å². The smallest absolute Gasteiger partial charge is 0.165 e. The maximum absolute atomic E-state index is 13.5. The molecule has 0 aromatic heterocycles. The minimum Gasteiger partial charge on any atom is -0.490 e. The van der Waals surface area contributed by atoms with Crippen LogP contribution in [0.25, 0.3) is 0 Å². The van der Waals surface area contributed by atoms with Crippen LogP contribution < -0.4 is 10.2 Å². The van der Waals surface area contributed by atoms with Crippen molar-refractivity contribution in [1.29, 1.82) is 0 Å². The maximum Gasteiger partial charge on any atom is 0.165 e. The largest absolute Gasteiger partial charge is 0.490 e. The van der Waals surface area contributed by atoms with E-state index in [-0.39, 0.29) is 11.6 Å². The molecule has 88 valence electrons. The molecule has 4 nitrogen and oxygen atoms in total. The van der Waals surface area contributed by atoms with Crippen molar-refractivity contribution >= 4 is 5.84 Å².